The first-order chi connectivity index (χ1) is 5.35. The molecular formula is C9H15NO. The first-order valence-electron chi connectivity index (χ1n) is 3.68. The van der Waals surface area contributed by atoms with E-state index in [-0.39, 0.29) is 6.61 Å². The van der Waals surface area contributed by atoms with Gasteiger partial charge in [0, 0.05) is 19.3 Å². The van der Waals surface area contributed by atoms with Crippen LogP contribution in [0.4, 0.5) is 5.69 Å². The molecule has 0 radical (unpaired) electrons. The Hall–Kier alpha value is -1.02. The van der Waals surface area contributed by atoms with Gasteiger partial charge in [-0.1, -0.05) is 18.2 Å². The van der Waals surface area contributed by atoms with Gasteiger partial charge in [0.1, 0.15) is 0 Å². The number of benzene rings is 1. The number of para-hydroxylation sites is 1. The van der Waals surface area contributed by atoms with Crippen LogP contribution in [-0.4, -0.2) is 18.8 Å². The molecule has 1 rings (SSSR count). The molecule has 62 valence electrons. The average molecular weight is 153 g/mol. The Morgan fingerprint density at radius 3 is 2.00 bits per heavy atom. The topological polar surface area (TPSA) is 32.3 Å². The van der Waals surface area contributed by atoms with Crippen molar-refractivity contribution in [3.8, 4) is 0 Å². The van der Waals surface area contributed by atoms with E-state index >= 15 is 0 Å². The predicted molar refractivity (Wildman–Crippen MR) is 48.7 cm³/mol. The van der Waals surface area contributed by atoms with Gasteiger partial charge in [0.2, 0.25) is 0 Å². The van der Waals surface area contributed by atoms with Crippen molar-refractivity contribution in [3.05, 3.63) is 30.3 Å². The fourth-order valence-corrected chi connectivity index (χ4v) is 0.605. The Bertz CT molecular complexity index is 162. The summed E-state index contributed by atoms with van der Waals surface area (Å²) < 4.78 is 0. The highest BCUT2D eigenvalue weighted by Gasteiger charge is 1.77. The lowest BCUT2D eigenvalue weighted by molar-refractivity contribution is 0.318. The molecule has 0 unspecified atom stereocenters. The zero-order valence-corrected chi connectivity index (χ0v) is 7.04. The molecule has 0 amide bonds. The highest BCUT2D eigenvalue weighted by molar-refractivity contribution is 5.41. The van der Waals surface area contributed by atoms with Gasteiger partial charge in [-0.25, -0.2) is 0 Å². The summed E-state index contributed by atoms with van der Waals surface area (Å²) in [6.45, 7) is 1.93. The molecule has 2 nitrogen and oxygen atoms in total. The van der Waals surface area contributed by atoms with Crippen LogP contribution >= 0.6 is 0 Å². The van der Waals surface area contributed by atoms with Crippen molar-refractivity contribution in [1.82, 2.24) is 0 Å². The van der Waals surface area contributed by atoms with Crippen LogP contribution in [0.5, 0.6) is 0 Å². The van der Waals surface area contributed by atoms with Gasteiger partial charge in [-0.3, -0.25) is 0 Å². The summed E-state index contributed by atoms with van der Waals surface area (Å²) in [4.78, 5) is 0. The largest absolute Gasteiger partial charge is 0.397 e. The smallest absolute Gasteiger partial charge is 0.0402 e. The summed E-state index contributed by atoms with van der Waals surface area (Å²) in [6.07, 6.45) is 0. The highest BCUT2D eigenvalue weighted by atomic mass is 16.2. The standard InChI is InChI=1S/C7H9N.C2H6O/c1-8-7-5-3-2-4-6-7;1-2-3/h2-6,8H,1H3;3H,2H2,1H3. The van der Waals surface area contributed by atoms with Gasteiger partial charge < -0.3 is 10.4 Å². The third-order valence-corrected chi connectivity index (χ3v) is 1.06. The number of nitrogens with one attached hydrogen (secondary N) is 1. The maximum Gasteiger partial charge on any atom is 0.0402 e. The minimum atomic E-state index is 0.250. The van der Waals surface area contributed by atoms with Gasteiger partial charge in [-0.05, 0) is 19.1 Å². The normalized spacial score (nSPS) is 7.91. The maximum atomic E-state index is 7.57. The van der Waals surface area contributed by atoms with Crippen LogP contribution in [-0.2, 0) is 0 Å². The second kappa shape index (κ2) is 7.09. The first kappa shape index (κ1) is 9.98. The van der Waals surface area contributed by atoms with E-state index in [9.17, 15) is 0 Å². The molecule has 0 saturated carbocycles. The molecule has 1 aromatic carbocycles. The molecule has 0 aliphatic rings. The van der Waals surface area contributed by atoms with Crippen molar-refractivity contribution in [2.45, 2.75) is 6.92 Å². The molecule has 0 aromatic heterocycles. The average Bonchev–Trinajstić information content (AvgIpc) is 2.08. The SMILES string of the molecule is CCO.CNc1ccccc1. The molecule has 0 aliphatic heterocycles. The highest BCUT2D eigenvalue weighted by Crippen LogP contribution is 2.01. The van der Waals surface area contributed by atoms with Gasteiger partial charge in [-0.15, -0.1) is 0 Å². The van der Waals surface area contributed by atoms with E-state index in [0.29, 0.717) is 0 Å². The van der Waals surface area contributed by atoms with Crippen LogP contribution in [0.3, 0.4) is 0 Å². The third-order valence-electron chi connectivity index (χ3n) is 1.06. The predicted octanol–water partition coefficient (Wildman–Crippen LogP) is 1.73. The Labute approximate surface area is 67.9 Å². The second-order valence-corrected chi connectivity index (χ2v) is 1.93. The molecule has 0 heterocycles. The van der Waals surface area contributed by atoms with Crippen LogP contribution in [0, 0.1) is 0 Å². The monoisotopic (exact) mass is 153 g/mol. The molecule has 2 N–H and O–H groups in total. The maximum absolute atomic E-state index is 7.57. The quantitative estimate of drug-likeness (QED) is 0.644. The molecule has 0 fully saturated rings. The van der Waals surface area contributed by atoms with Crippen LogP contribution in [0.15, 0.2) is 30.3 Å². The third kappa shape index (κ3) is 5.43. The number of aliphatic hydroxyl groups excluding tert-OH is 1. The number of anilines is 1. The zero-order chi connectivity index (χ0) is 8.53. The first-order valence-corrected chi connectivity index (χ1v) is 3.68. The summed E-state index contributed by atoms with van der Waals surface area (Å²) >= 11 is 0. The Balaban J connectivity index is 0.000000292. The van der Waals surface area contributed by atoms with Crippen LogP contribution in [0.2, 0.25) is 0 Å². The van der Waals surface area contributed by atoms with Crippen LogP contribution in [0.1, 0.15) is 6.92 Å². The molecule has 0 aliphatic carbocycles. The molecule has 2 heteroatoms. The van der Waals surface area contributed by atoms with E-state index in [1.54, 1.807) is 6.92 Å². The number of hydrogen-bond acceptors (Lipinski definition) is 2. The lowest BCUT2D eigenvalue weighted by atomic mass is 10.3. The number of aliphatic hydroxyl groups is 1. The molecule has 1 aromatic rings. The van der Waals surface area contributed by atoms with E-state index in [4.69, 9.17) is 5.11 Å². The fourth-order valence-electron chi connectivity index (χ4n) is 0.605. The van der Waals surface area contributed by atoms with Crippen molar-refractivity contribution in [2.24, 2.45) is 0 Å². The van der Waals surface area contributed by atoms with Crippen molar-refractivity contribution >= 4 is 5.69 Å². The van der Waals surface area contributed by atoms with Crippen molar-refractivity contribution in [3.63, 3.8) is 0 Å². The van der Waals surface area contributed by atoms with E-state index in [2.05, 4.69) is 5.32 Å². The number of rotatable bonds is 1. The molecule has 0 spiro atoms. The molecule has 0 saturated heterocycles. The minimum absolute atomic E-state index is 0.250. The summed E-state index contributed by atoms with van der Waals surface area (Å²) in [5.74, 6) is 0. The van der Waals surface area contributed by atoms with Gasteiger partial charge in [0.05, 0.1) is 0 Å². The Morgan fingerprint density at radius 2 is 1.73 bits per heavy atom. The zero-order valence-electron chi connectivity index (χ0n) is 7.04. The second-order valence-electron chi connectivity index (χ2n) is 1.93. The van der Waals surface area contributed by atoms with Crippen LogP contribution in [0.25, 0.3) is 0 Å². The van der Waals surface area contributed by atoms with Crippen molar-refractivity contribution in [2.75, 3.05) is 19.0 Å². The summed E-state index contributed by atoms with van der Waals surface area (Å²) in [5, 5.41) is 10.6. The molecule has 0 bridgehead atoms. The van der Waals surface area contributed by atoms with Crippen LogP contribution < -0.4 is 5.32 Å². The van der Waals surface area contributed by atoms with E-state index in [0.717, 1.165) is 5.69 Å². The van der Waals surface area contributed by atoms with E-state index < -0.39 is 0 Å². The summed E-state index contributed by atoms with van der Waals surface area (Å²) in [6, 6.07) is 10.1. The number of hydrogen-bond donors (Lipinski definition) is 2. The van der Waals surface area contributed by atoms with Gasteiger partial charge >= 0.3 is 0 Å². The van der Waals surface area contributed by atoms with Crippen molar-refractivity contribution in [1.29, 1.82) is 0 Å². The lowest BCUT2D eigenvalue weighted by Gasteiger charge is -1.94. The molecule has 11 heavy (non-hydrogen) atoms. The lowest BCUT2D eigenvalue weighted by Crippen LogP contribution is -1.84. The van der Waals surface area contributed by atoms with E-state index in [1.807, 2.05) is 37.4 Å². The van der Waals surface area contributed by atoms with E-state index in [1.165, 1.54) is 0 Å². The van der Waals surface area contributed by atoms with Gasteiger partial charge in [0.25, 0.3) is 0 Å². The minimum Gasteiger partial charge on any atom is -0.397 e. The summed E-state index contributed by atoms with van der Waals surface area (Å²) in [5.41, 5.74) is 1.16. The van der Waals surface area contributed by atoms with Crippen molar-refractivity contribution < 1.29 is 5.11 Å². The van der Waals surface area contributed by atoms with Gasteiger partial charge in [-0.2, -0.15) is 0 Å². The fraction of sp³-hybridized carbons (Fsp3) is 0.333. The summed E-state index contributed by atoms with van der Waals surface area (Å²) in [7, 11) is 1.91. The van der Waals surface area contributed by atoms with Gasteiger partial charge in [0.15, 0.2) is 0 Å². The Kier molecular flexibility index (Phi) is 6.43. The molecule has 0 atom stereocenters. The Morgan fingerprint density at radius 1 is 1.27 bits per heavy atom. The molecular weight excluding hydrogens is 138 g/mol.